The molecule has 1 aromatic heterocycles. The number of H-pyrrole nitrogens is 1. The van der Waals surface area contributed by atoms with Crippen LogP contribution >= 0.6 is 0 Å². The summed E-state index contributed by atoms with van der Waals surface area (Å²) in [6, 6.07) is 2.72. The lowest BCUT2D eigenvalue weighted by Gasteiger charge is -2.23. The normalized spacial score (nSPS) is 14.1. The quantitative estimate of drug-likeness (QED) is 0.783. The smallest absolute Gasteiger partial charge is 0.125 e. The number of aliphatic hydroxyl groups excluding tert-OH is 1. The Labute approximate surface area is 105 Å². The molecular formula is C13H18FN3O. The SMILES string of the molecule is CC(C)(C)NC[C@H](O)c1cc(F)cc2[nH]ncc12. The minimum Gasteiger partial charge on any atom is -0.387 e. The Morgan fingerprint density at radius 1 is 1.44 bits per heavy atom. The van der Waals surface area contributed by atoms with Crippen LogP contribution in [0.15, 0.2) is 18.3 Å². The molecule has 0 spiro atoms. The van der Waals surface area contributed by atoms with Crippen LogP contribution in [-0.4, -0.2) is 27.4 Å². The van der Waals surface area contributed by atoms with E-state index in [4.69, 9.17) is 0 Å². The maximum atomic E-state index is 13.4. The Balaban J connectivity index is 2.26. The first-order valence-electron chi connectivity index (χ1n) is 5.92. The van der Waals surface area contributed by atoms with Crippen molar-refractivity contribution in [3.8, 4) is 0 Å². The van der Waals surface area contributed by atoms with E-state index < -0.39 is 6.10 Å². The highest BCUT2D eigenvalue weighted by molar-refractivity contribution is 5.82. The number of hydrogen-bond acceptors (Lipinski definition) is 3. The summed E-state index contributed by atoms with van der Waals surface area (Å²) in [4.78, 5) is 0. The van der Waals surface area contributed by atoms with Crippen LogP contribution < -0.4 is 5.32 Å². The summed E-state index contributed by atoms with van der Waals surface area (Å²) in [6.07, 6.45) is 0.838. The number of aromatic amines is 1. The zero-order valence-electron chi connectivity index (χ0n) is 10.8. The van der Waals surface area contributed by atoms with Gasteiger partial charge in [-0.15, -0.1) is 0 Å². The minimum atomic E-state index is -0.764. The van der Waals surface area contributed by atoms with Crippen LogP contribution in [0.1, 0.15) is 32.4 Å². The van der Waals surface area contributed by atoms with Gasteiger partial charge in [-0.2, -0.15) is 5.10 Å². The van der Waals surface area contributed by atoms with Crippen molar-refractivity contribution in [2.75, 3.05) is 6.54 Å². The standard InChI is InChI=1S/C13H18FN3O/c1-13(2,3)15-7-12(18)9-4-8(14)5-11-10(9)6-16-17-11/h4-6,12,15,18H,7H2,1-3H3,(H,16,17)/t12-/m0/s1. The van der Waals surface area contributed by atoms with Gasteiger partial charge in [0.1, 0.15) is 5.82 Å². The van der Waals surface area contributed by atoms with Crippen LogP contribution in [-0.2, 0) is 0 Å². The second-order valence-electron chi connectivity index (χ2n) is 5.47. The molecule has 0 aliphatic rings. The van der Waals surface area contributed by atoms with E-state index in [9.17, 15) is 9.50 Å². The molecule has 0 fully saturated rings. The summed E-state index contributed by atoms with van der Waals surface area (Å²) < 4.78 is 13.4. The number of β-amino-alcohol motifs (C(OH)–C–C–N with tert-alkyl or cyclic N) is 1. The minimum absolute atomic E-state index is 0.0934. The number of halogens is 1. The highest BCUT2D eigenvalue weighted by Crippen LogP contribution is 2.24. The predicted molar refractivity (Wildman–Crippen MR) is 68.8 cm³/mol. The molecule has 0 radical (unpaired) electrons. The Hall–Kier alpha value is -1.46. The van der Waals surface area contributed by atoms with Gasteiger partial charge in [0.05, 0.1) is 17.8 Å². The fourth-order valence-corrected chi connectivity index (χ4v) is 1.83. The Morgan fingerprint density at radius 3 is 2.83 bits per heavy atom. The van der Waals surface area contributed by atoms with Crippen LogP contribution in [0.3, 0.4) is 0 Å². The largest absolute Gasteiger partial charge is 0.387 e. The van der Waals surface area contributed by atoms with Crippen molar-refractivity contribution in [1.82, 2.24) is 15.5 Å². The predicted octanol–water partition coefficient (Wildman–Crippen LogP) is 2.12. The molecule has 98 valence electrons. The molecular weight excluding hydrogens is 233 g/mol. The van der Waals surface area contributed by atoms with Crippen molar-refractivity contribution in [2.45, 2.75) is 32.4 Å². The number of nitrogens with one attached hydrogen (secondary N) is 2. The highest BCUT2D eigenvalue weighted by Gasteiger charge is 2.17. The van der Waals surface area contributed by atoms with E-state index >= 15 is 0 Å². The first-order valence-corrected chi connectivity index (χ1v) is 5.92. The molecule has 0 aliphatic carbocycles. The third-order valence-electron chi connectivity index (χ3n) is 2.74. The molecule has 18 heavy (non-hydrogen) atoms. The maximum absolute atomic E-state index is 13.4. The van der Waals surface area contributed by atoms with E-state index in [1.54, 1.807) is 6.20 Å². The number of aliphatic hydroxyl groups is 1. The molecule has 3 N–H and O–H groups in total. The van der Waals surface area contributed by atoms with E-state index in [2.05, 4.69) is 15.5 Å². The van der Waals surface area contributed by atoms with E-state index in [0.717, 1.165) is 5.39 Å². The Bertz CT molecular complexity index is 545. The van der Waals surface area contributed by atoms with Gasteiger partial charge in [0.2, 0.25) is 0 Å². The van der Waals surface area contributed by atoms with Crippen LogP contribution in [0.5, 0.6) is 0 Å². The third kappa shape index (κ3) is 2.86. The average Bonchev–Trinajstić information content (AvgIpc) is 2.71. The second kappa shape index (κ2) is 4.66. The Kier molecular flexibility index (Phi) is 3.36. The summed E-state index contributed by atoms with van der Waals surface area (Å²) in [5.41, 5.74) is 1.05. The number of nitrogens with zero attached hydrogens (tertiary/aromatic N) is 1. The van der Waals surface area contributed by atoms with Crippen molar-refractivity contribution >= 4 is 10.9 Å². The van der Waals surface area contributed by atoms with E-state index in [1.165, 1.54) is 12.1 Å². The molecule has 2 rings (SSSR count). The molecule has 1 heterocycles. The van der Waals surface area contributed by atoms with Crippen molar-refractivity contribution < 1.29 is 9.50 Å². The van der Waals surface area contributed by atoms with Crippen molar-refractivity contribution in [3.05, 3.63) is 29.7 Å². The molecule has 0 bridgehead atoms. The number of benzene rings is 1. The average molecular weight is 251 g/mol. The molecule has 0 amide bonds. The van der Waals surface area contributed by atoms with Gasteiger partial charge in [0.15, 0.2) is 0 Å². The lowest BCUT2D eigenvalue weighted by molar-refractivity contribution is 0.164. The topological polar surface area (TPSA) is 60.9 Å². The van der Waals surface area contributed by atoms with Crippen LogP contribution in [0.25, 0.3) is 10.9 Å². The van der Waals surface area contributed by atoms with Crippen LogP contribution in [0.4, 0.5) is 4.39 Å². The monoisotopic (exact) mass is 251 g/mol. The van der Waals surface area contributed by atoms with Gasteiger partial charge in [-0.3, -0.25) is 5.10 Å². The fraction of sp³-hybridized carbons (Fsp3) is 0.462. The number of rotatable bonds is 3. The first kappa shape index (κ1) is 13.0. The molecule has 0 saturated heterocycles. The summed E-state index contributed by atoms with van der Waals surface area (Å²) in [7, 11) is 0. The molecule has 2 aromatic rings. The van der Waals surface area contributed by atoms with Gasteiger partial charge in [0, 0.05) is 17.5 Å². The second-order valence-corrected chi connectivity index (χ2v) is 5.47. The van der Waals surface area contributed by atoms with Gasteiger partial charge in [-0.05, 0) is 38.5 Å². The van der Waals surface area contributed by atoms with Gasteiger partial charge < -0.3 is 10.4 Å². The number of aromatic nitrogens is 2. The van der Waals surface area contributed by atoms with E-state index in [1.807, 2.05) is 20.8 Å². The van der Waals surface area contributed by atoms with Gasteiger partial charge in [-0.1, -0.05) is 0 Å². The molecule has 5 heteroatoms. The molecule has 4 nitrogen and oxygen atoms in total. The first-order chi connectivity index (χ1) is 8.37. The summed E-state index contributed by atoms with van der Waals surface area (Å²) in [5, 5.41) is 20.7. The van der Waals surface area contributed by atoms with Gasteiger partial charge in [0.25, 0.3) is 0 Å². The molecule has 0 aliphatic heterocycles. The number of fused-ring (bicyclic) bond motifs is 1. The maximum Gasteiger partial charge on any atom is 0.125 e. The Morgan fingerprint density at radius 2 is 2.17 bits per heavy atom. The molecule has 0 saturated carbocycles. The lowest BCUT2D eigenvalue weighted by Crippen LogP contribution is -2.38. The molecule has 1 aromatic carbocycles. The zero-order valence-corrected chi connectivity index (χ0v) is 10.8. The lowest BCUT2D eigenvalue weighted by atomic mass is 10.0. The van der Waals surface area contributed by atoms with E-state index in [-0.39, 0.29) is 11.4 Å². The molecule has 1 atom stereocenters. The number of hydrogen-bond donors (Lipinski definition) is 3. The zero-order chi connectivity index (χ0) is 13.3. The van der Waals surface area contributed by atoms with Crippen molar-refractivity contribution in [3.63, 3.8) is 0 Å². The summed E-state index contributed by atoms with van der Waals surface area (Å²) in [6.45, 7) is 6.41. The fourth-order valence-electron chi connectivity index (χ4n) is 1.83. The summed E-state index contributed by atoms with van der Waals surface area (Å²) >= 11 is 0. The van der Waals surface area contributed by atoms with Crippen LogP contribution in [0.2, 0.25) is 0 Å². The van der Waals surface area contributed by atoms with E-state index in [0.29, 0.717) is 17.6 Å². The molecule has 0 unspecified atom stereocenters. The van der Waals surface area contributed by atoms with Crippen molar-refractivity contribution in [2.24, 2.45) is 0 Å². The van der Waals surface area contributed by atoms with Gasteiger partial charge in [-0.25, -0.2) is 4.39 Å². The van der Waals surface area contributed by atoms with Gasteiger partial charge >= 0.3 is 0 Å². The van der Waals surface area contributed by atoms with Crippen LogP contribution in [0, 0.1) is 5.82 Å². The highest BCUT2D eigenvalue weighted by atomic mass is 19.1. The summed E-state index contributed by atoms with van der Waals surface area (Å²) in [5.74, 6) is -0.378. The van der Waals surface area contributed by atoms with Crippen molar-refractivity contribution in [1.29, 1.82) is 0 Å². The third-order valence-corrected chi connectivity index (χ3v) is 2.74.